The summed E-state index contributed by atoms with van der Waals surface area (Å²) in [5.74, 6) is -2.85. The summed E-state index contributed by atoms with van der Waals surface area (Å²) in [4.78, 5) is 83.0. The molecule has 55 heavy (non-hydrogen) atoms. The van der Waals surface area contributed by atoms with Crippen LogP contribution >= 0.6 is 11.8 Å². The van der Waals surface area contributed by atoms with E-state index in [4.69, 9.17) is 5.73 Å². The van der Waals surface area contributed by atoms with Crippen molar-refractivity contribution in [2.24, 2.45) is 0 Å². The van der Waals surface area contributed by atoms with E-state index in [1.807, 2.05) is 19.1 Å². The third-order valence-corrected chi connectivity index (χ3v) is 10.2. The van der Waals surface area contributed by atoms with Gasteiger partial charge in [-0.2, -0.15) is 0 Å². The number of hydrogen-bond donors (Lipinski definition) is 3. The van der Waals surface area contributed by atoms with Crippen molar-refractivity contribution in [2.75, 3.05) is 26.2 Å². The first-order valence-electron chi connectivity index (χ1n) is 17.0. The van der Waals surface area contributed by atoms with Gasteiger partial charge in [-0.25, -0.2) is 9.80 Å². The Hall–Kier alpha value is -7.31. The number of benzene rings is 6. The Morgan fingerprint density at radius 3 is 1.29 bits per heavy atom. The second-order valence-electron chi connectivity index (χ2n) is 12.9. The van der Waals surface area contributed by atoms with Gasteiger partial charge < -0.3 is 16.4 Å². The van der Waals surface area contributed by atoms with Gasteiger partial charge in [0.1, 0.15) is 0 Å². The molecule has 6 amide bonds. The van der Waals surface area contributed by atoms with Gasteiger partial charge in [0.05, 0.1) is 33.6 Å². The summed E-state index contributed by atoms with van der Waals surface area (Å²) in [6.45, 7) is 1.95. The summed E-state index contributed by atoms with van der Waals surface area (Å²) in [6.07, 6.45) is 0. The van der Waals surface area contributed by atoms with E-state index in [1.165, 1.54) is 48.2 Å². The molecule has 6 aromatic rings. The summed E-state index contributed by atoms with van der Waals surface area (Å²) in [5, 5.41) is 5.57. The predicted octanol–water partition coefficient (Wildman–Crippen LogP) is 7.83. The maximum absolute atomic E-state index is 13.4. The number of aryl methyl sites for hydroxylation is 1. The van der Waals surface area contributed by atoms with Crippen LogP contribution in [0, 0.1) is 6.92 Å². The van der Waals surface area contributed by atoms with Gasteiger partial charge in [-0.15, -0.1) is 0 Å². The SMILES string of the molecule is Cc1ccc(NC(=O)c2ccc3c(c2)C(=O)N(c2ccc(Sc4ccc(N5C(=O)c6ccc(C(=O)Nc7ccc(N)cc7)cc6C5=O)cc4)cc2)C3=O)cc1. The standard InChI is InChI=1S/C43H29N5O6S/c1-24-2-8-28(9-3-24)45-38(49)25-4-20-34-36(22-25)42(53)47(40(34)51)30-12-16-32(17-13-30)55-33-18-14-31(15-19-33)48-41(52)35-21-5-26(23-37(35)43(48)54)39(50)46-29-10-6-27(44)7-11-29/h2-23H,44H2,1H3,(H,45,49)(H,46,50). The van der Waals surface area contributed by atoms with Crippen LogP contribution in [0.2, 0.25) is 0 Å². The molecule has 0 bridgehead atoms. The summed E-state index contributed by atoms with van der Waals surface area (Å²) in [5.41, 5.74) is 10.4. The van der Waals surface area contributed by atoms with E-state index in [9.17, 15) is 28.8 Å². The molecule has 0 fully saturated rings. The average Bonchev–Trinajstić information content (AvgIpc) is 3.60. The Kier molecular flexibility index (Phi) is 8.79. The summed E-state index contributed by atoms with van der Waals surface area (Å²) in [6, 6.07) is 36.6. The number of amides is 6. The molecule has 0 aliphatic carbocycles. The molecular formula is C43H29N5O6S. The minimum Gasteiger partial charge on any atom is -0.399 e. The van der Waals surface area contributed by atoms with E-state index in [0.717, 1.165) is 25.2 Å². The molecule has 0 saturated heterocycles. The molecule has 0 aromatic heterocycles. The number of nitrogens with one attached hydrogen (secondary N) is 2. The maximum atomic E-state index is 13.4. The van der Waals surface area contributed by atoms with Gasteiger partial charge in [-0.3, -0.25) is 28.8 Å². The molecule has 0 radical (unpaired) electrons. The van der Waals surface area contributed by atoms with Crippen LogP contribution in [0.4, 0.5) is 28.4 Å². The van der Waals surface area contributed by atoms with E-state index in [0.29, 0.717) is 28.4 Å². The Morgan fingerprint density at radius 1 is 0.491 bits per heavy atom. The maximum Gasteiger partial charge on any atom is 0.266 e. The first-order valence-corrected chi connectivity index (χ1v) is 17.8. The van der Waals surface area contributed by atoms with Gasteiger partial charge in [-0.05, 0) is 128 Å². The third kappa shape index (κ3) is 6.62. The zero-order valence-corrected chi connectivity index (χ0v) is 29.8. The van der Waals surface area contributed by atoms with Crippen LogP contribution in [0.1, 0.15) is 67.7 Å². The third-order valence-electron chi connectivity index (χ3n) is 9.20. The van der Waals surface area contributed by atoms with Crippen molar-refractivity contribution < 1.29 is 28.8 Å². The highest BCUT2D eigenvalue weighted by Crippen LogP contribution is 2.35. The second kappa shape index (κ2) is 13.9. The zero-order chi connectivity index (χ0) is 38.4. The molecule has 4 N–H and O–H groups in total. The lowest BCUT2D eigenvalue weighted by atomic mass is 10.1. The number of nitrogen functional groups attached to an aromatic ring is 1. The van der Waals surface area contributed by atoms with Crippen LogP contribution in [0.25, 0.3) is 0 Å². The average molecular weight is 744 g/mol. The number of fused-ring (bicyclic) bond motifs is 2. The monoisotopic (exact) mass is 743 g/mol. The molecule has 6 aromatic carbocycles. The molecule has 2 aliphatic rings. The van der Waals surface area contributed by atoms with E-state index < -0.39 is 35.4 Å². The van der Waals surface area contributed by atoms with Crippen molar-refractivity contribution in [2.45, 2.75) is 16.7 Å². The Balaban J connectivity index is 0.918. The van der Waals surface area contributed by atoms with Crippen LogP contribution in [0.15, 0.2) is 143 Å². The Bertz CT molecular complexity index is 2410. The lowest BCUT2D eigenvalue weighted by Gasteiger charge is -2.15. The highest BCUT2D eigenvalue weighted by atomic mass is 32.2. The fraction of sp³-hybridized carbons (Fsp3) is 0.0233. The summed E-state index contributed by atoms with van der Waals surface area (Å²) >= 11 is 1.41. The molecule has 0 atom stereocenters. The number of carbonyl (C=O) groups excluding carboxylic acids is 6. The fourth-order valence-corrected chi connectivity index (χ4v) is 7.12. The van der Waals surface area contributed by atoms with Gasteiger partial charge >= 0.3 is 0 Å². The fourth-order valence-electron chi connectivity index (χ4n) is 6.31. The predicted molar refractivity (Wildman–Crippen MR) is 210 cm³/mol. The number of nitrogens with zero attached hydrogens (tertiary/aromatic N) is 2. The van der Waals surface area contributed by atoms with Gasteiger partial charge in [0.25, 0.3) is 35.4 Å². The van der Waals surface area contributed by atoms with Gasteiger partial charge in [-0.1, -0.05) is 29.5 Å². The minimum absolute atomic E-state index is 0.135. The van der Waals surface area contributed by atoms with Crippen molar-refractivity contribution in [3.05, 3.63) is 172 Å². The van der Waals surface area contributed by atoms with E-state index in [1.54, 1.807) is 84.9 Å². The molecule has 11 nitrogen and oxygen atoms in total. The van der Waals surface area contributed by atoms with Crippen LogP contribution in [0.3, 0.4) is 0 Å². The zero-order valence-electron chi connectivity index (χ0n) is 29.0. The first-order chi connectivity index (χ1) is 26.5. The summed E-state index contributed by atoms with van der Waals surface area (Å²) < 4.78 is 0. The molecular weight excluding hydrogens is 715 g/mol. The quantitative estimate of drug-likeness (QED) is 0.105. The molecule has 0 spiro atoms. The molecule has 268 valence electrons. The van der Waals surface area contributed by atoms with E-state index >= 15 is 0 Å². The van der Waals surface area contributed by atoms with Crippen molar-refractivity contribution >= 4 is 75.6 Å². The molecule has 8 rings (SSSR count). The number of imide groups is 2. The second-order valence-corrected chi connectivity index (χ2v) is 14.0. The van der Waals surface area contributed by atoms with Crippen molar-refractivity contribution in [1.82, 2.24) is 0 Å². The molecule has 2 heterocycles. The highest BCUT2D eigenvalue weighted by molar-refractivity contribution is 7.99. The minimum atomic E-state index is -0.534. The van der Waals surface area contributed by atoms with E-state index in [-0.39, 0.29) is 33.4 Å². The summed E-state index contributed by atoms with van der Waals surface area (Å²) in [7, 11) is 0. The number of rotatable bonds is 8. The van der Waals surface area contributed by atoms with Crippen molar-refractivity contribution in [3.8, 4) is 0 Å². The number of hydrogen-bond acceptors (Lipinski definition) is 8. The molecule has 0 saturated carbocycles. The van der Waals surface area contributed by atoms with Crippen LogP contribution in [-0.4, -0.2) is 35.4 Å². The van der Waals surface area contributed by atoms with Crippen molar-refractivity contribution in [3.63, 3.8) is 0 Å². The van der Waals surface area contributed by atoms with Crippen LogP contribution in [-0.2, 0) is 0 Å². The topological polar surface area (TPSA) is 159 Å². The smallest absolute Gasteiger partial charge is 0.266 e. The van der Waals surface area contributed by atoms with E-state index in [2.05, 4.69) is 10.6 Å². The van der Waals surface area contributed by atoms with Crippen LogP contribution in [0.5, 0.6) is 0 Å². The molecule has 2 aliphatic heterocycles. The Labute approximate surface area is 318 Å². The van der Waals surface area contributed by atoms with Gasteiger partial charge in [0.2, 0.25) is 0 Å². The lowest BCUT2D eigenvalue weighted by Crippen LogP contribution is -2.29. The number of carbonyl (C=O) groups is 6. The van der Waals surface area contributed by atoms with Crippen molar-refractivity contribution in [1.29, 1.82) is 0 Å². The number of nitrogens with two attached hydrogens (primary N) is 1. The van der Waals surface area contributed by atoms with Gasteiger partial charge in [0, 0.05) is 38.0 Å². The van der Waals surface area contributed by atoms with Crippen LogP contribution < -0.4 is 26.2 Å². The highest BCUT2D eigenvalue weighted by Gasteiger charge is 2.38. The number of anilines is 5. The molecule has 12 heteroatoms. The Morgan fingerprint density at radius 2 is 0.873 bits per heavy atom. The normalized spacial score (nSPS) is 13.2. The largest absolute Gasteiger partial charge is 0.399 e. The lowest BCUT2D eigenvalue weighted by molar-refractivity contribution is 0.0910. The molecule has 0 unspecified atom stereocenters. The first kappa shape index (κ1) is 34.8. The van der Waals surface area contributed by atoms with Gasteiger partial charge in [0.15, 0.2) is 0 Å².